The second-order valence-electron chi connectivity index (χ2n) is 7.40. The predicted molar refractivity (Wildman–Crippen MR) is 104 cm³/mol. The Hall–Kier alpha value is -2.24. The summed E-state index contributed by atoms with van der Waals surface area (Å²) in [6, 6.07) is 18.3. The fourth-order valence-corrected chi connectivity index (χ4v) is 2.78. The molecule has 2 heteroatoms. The first-order chi connectivity index (χ1) is 11.9. The molecule has 0 saturated heterocycles. The van der Waals surface area contributed by atoms with Gasteiger partial charge >= 0.3 is 0 Å². The SMILES string of the molecule is COc1ccc([C@@H](C#CC(C)(C)C)[C@H](CO)Cc2ccccc2)cc1. The van der Waals surface area contributed by atoms with Gasteiger partial charge in [0.05, 0.1) is 13.0 Å². The summed E-state index contributed by atoms with van der Waals surface area (Å²) >= 11 is 0. The number of hydrogen-bond donors (Lipinski definition) is 1. The van der Waals surface area contributed by atoms with Gasteiger partial charge in [-0.1, -0.05) is 54.3 Å². The van der Waals surface area contributed by atoms with Crippen LogP contribution in [-0.2, 0) is 6.42 Å². The number of hydrogen-bond acceptors (Lipinski definition) is 2. The monoisotopic (exact) mass is 336 g/mol. The van der Waals surface area contributed by atoms with Crippen molar-refractivity contribution >= 4 is 0 Å². The lowest BCUT2D eigenvalue weighted by Crippen LogP contribution is -2.19. The van der Waals surface area contributed by atoms with Crippen molar-refractivity contribution in [2.24, 2.45) is 11.3 Å². The standard InChI is InChI=1S/C23H28O2/c1-23(2,3)15-14-22(19-10-12-21(25-4)13-11-19)20(17-24)16-18-8-6-5-7-9-18/h5-13,20,22,24H,16-17H2,1-4H3/t20-,22+/m0/s1. The predicted octanol–water partition coefficient (Wildman–Crippen LogP) is 4.68. The van der Waals surface area contributed by atoms with Crippen molar-refractivity contribution in [2.75, 3.05) is 13.7 Å². The summed E-state index contributed by atoms with van der Waals surface area (Å²) in [7, 11) is 1.66. The third-order valence-corrected chi connectivity index (χ3v) is 4.12. The molecule has 2 nitrogen and oxygen atoms in total. The Morgan fingerprint density at radius 2 is 1.64 bits per heavy atom. The summed E-state index contributed by atoms with van der Waals surface area (Å²) in [4.78, 5) is 0. The van der Waals surface area contributed by atoms with Gasteiger partial charge in [0.15, 0.2) is 0 Å². The van der Waals surface area contributed by atoms with E-state index >= 15 is 0 Å². The molecule has 0 aliphatic heterocycles. The number of rotatable bonds is 6. The molecule has 0 radical (unpaired) electrons. The topological polar surface area (TPSA) is 29.5 Å². The van der Waals surface area contributed by atoms with Gasteiger partial charge in [0.2, 0.25) is 0 Å². The summed E-state index contributed by atoms with van der Waals surface area (Å²) in [5.74, 6) is 7.65. The van der Waals surface area contributed by atoms with Gasteiger partial charge in [0, 0.05) is 17.9 Å². The van der Waals surface area contributed by atoms with Crippen molar-refractivity contribution in [3.63, 3.8) is 0 Å². The van der Waals surface area contributed by atoms with Crippen LogP contribution in [0.2, 0.25) is 0 Å². The van der Waals surface area contributed by atoms with Gasteiger partial charge in [-0.15, -0.1) is 0 Å². The van der Waals surface area contributed by atoms with Gasteiger partial charge in [-0.2, -0.15) is 0 Å². The Morgan fingerprint density at radius 1 is 1.00 bits per heavy atom. The first kappa shape index (κ1) is 19.1. The normalized spacial score (nSPS) is 13.5. The number of aliphatic hydroxyl groups is 1. The summed E-state index contributed by atoms with van der Waals surface area (Å²) < 4.78 is 5.26. The van der Waals surface area contributed by atoms with E-state index in [1.807, 2.05) is 30.3 Å². The zero-order chi connectivity index (χ0) is 18.3. The highest BCUT2D eigenvalue weighted by atomic mass is 16.5. The van der Waals surface area contributed by atoms with Crippen molar-refractivity contribution in [3.8, 4) is 17.6 Å². The molecule has 0 heterocycles. The second kappa shape index (κ2) is 8.74. The molecule has 0 unspecified atom stereocenters. The van der Waals surface area contributed by atoms with Gasteiger partial charge < -0.3 is 9.84 Å². The Balaban J connectivity index is 2.35. The minimum atomic E-state index is -0.0720. The van der Waals surface area contributed by atoms with Crippen LogP contribution in [-0.4, -0.2) is 18.8 Å². The molecule has 2 aromatic rings. The lowest BCUT2D eigenvalue weighted by atomic mass is 9.82. The maximum absolute atomic E-state index is 10.1. The third kappa shape index (κ3) is 5.96. The molecule has 2 atom stereocenters. The zero-order valence-electron chi connectivity index (χ0n) is 15.6. The Labute approximate surface area is 151 Å². The number of methoxy groups -OCH3 is 1. The zero-order valence-corrected chi connectivity index (χ0v) is 15.6. The van der Waals surface area contributed by atoms with Crippen molar-refractivity contribution in [1.29, 1.82) is 0 Å². The molecule has 0 spiro atoms. The first-order valence-electron chi connectivity index (χ1n) is 8.74. The summed E-state index contributed by atoms with van der Waals surface area (Å²) in [6.07, 6.45) is 0.798. The number of ether oxygens (including phenoxy) is 1. The molecule has 0 aromatic heterocycles. The van der Waals surface area contributed by atoms with E-state index in [0.717, 1.165) is 17.7 Å². The van der Waals surface area contributed by atoms with E-state index in [9.17, 15) is 5.11 Å². The highest BCUT2D eigenvalue weighted by molar-refractivity contribution is 5.35. The van der Waals surface area contributed by atoms with E-state index in [4.69, 9.17) is 4.74 Å². The molecule has 2 aromatic carbocycles. The van der Waals surface area contributed by atoms with Crippen molar-refractivity contribution in [1.82, 2.24) is 0 Å². The number of benzene rings is 2. The van der Waals surface area contributed by atoms with Crippen molar-refractivity contribution in [2.45, 2.75) is 33.1 Å². The van der Waals surface area contributed by atoms with E-state index in [1.54, 1.807) is 7.11 Å². The minimum absolute atomic E-state index is 0.0182. The molecule has 0 aliphatic rings. The molecule has 0 amide bonds. The van der Waals surface area contributed by atoms with Crippen molar-refractivity contribution in [3.05, 3.63) is 65.7 Å². The highest BCUT2D eigenvalue weighted by Gasteiger charge is 2.22. The maximum atomic E-state index is 10.1. The van der Waals surface area contributed by atoms with Crippen LogP contribution in [0.5, 0.6) is 5.75 Å². The van der Waals surface area contributed by atoms with E-state index in [-0.39, 0.29) is 23.9 Å². The summed E-state index contributed by atoms with van der Waals surface area (Å²) in [6.45, 7) is 6.42. The Morgan fingerprint density at radius 3 is 2.16 bits per heavy atom. The van der Waals surface area contributed by atoms with Crippen LogP contribution < -0.4 is 4.74 Å². The lowest BCUT2D eigenvalue weighted by molar-refractivity contribution is 0.216. The van der Waals surface area contributed by atoms with Gasteiger partial charge in [-0.25, -0.2) is 0 Å². The minimum Gasteiger partial charge on any atom is -0.497 e. The molecular weight excluding hydrogens is 308 g/mol. The second-order valence-corrected chi connectivity index (χ2v) is 7.40. The van der Waals surface area contributed by atoms with E-state index in [0.29, 0.717) is 0 Å². The molecule has 132 valence electrons. The number of aliphatic hydroxyl groups excluding tert-OH is 1. The van der Waals surface area contributed by atoms with Crippen LogP contribution in [0.1, 0.15) is 37.8 Å². The Bertz CT molecular complexity index is 700. The smallest absolute Gasteiger partial charge is 0.118 e. The van der Waals surface area contributed by atoms with Crippen LogP contribution in [0.4, 0.5) is 0 Å². The van der Waals surface area contributed by atoms with Crippen LogP contribution in [0.25, 0.3) is 0 Å². The molecule has 0 aliphatic carbocycles. The van der Waals surface area contributed by atoms with E-state index in [2.05, 4.69) is 56.9 Å². The van der Waals surface area contributed by atoms with Gasteiger partial charge in [-0.3, -0.25) is 0 Å². The van der Waals surface area contributed by atoms with Crippen LogP contribution in [0.3, 0.4) is 0 Å². The molecule has 0 fully saturated rings. The molecule has 25 heavy (non-hydrogen) atoms. The molecule has 0 saturated carbocycles. The van der Waals surface area contributed by atoms with Gasteiger partial charge in [0.1, 0.15) is 5.75 Å². The fourth-order valence-electron chi connectivity index (χ4n) is 2.78. The van der Waals surface area contributed by atoms with Gasteiger partial charge in [-0.05, 0) is 50.5 Å². The maximum Gasteiger partial charge on any atom is 0.118 e. The summed E-state index contributed by atoms with van der Waals surface area (Å²) in [5.41, 5.74) is 2.27. The van der Waals surface area contributed by atoms with E-state index < -0.39 is 0 Å². The molecule has 1 N–H and O–H groups in total. The average molecular weight is 336 g/mol. The molecule has 0 bridgehead atoms. The Kier molecular flexibility index (Phi) is 6.67. The van der Waals surface area contributed by atoms with Crippen LogP contribution in [0, 0.1) is 23.2 Å². The third-order valence-electron chi connectivity index (χ3n) is 4.12. The largest absolute Gasteiger partial charge is 0.497 e. The molecule has 2 rings (SSSR count). The van der Waals surface area contributed by atoms with Crippen LogP contribution >= 0.6 is 0 Å². The quantitative estimate of drug-likeness (QED) is 0.776. The van der Waals surface area contributed by atoms with Crippen LogP contribution in [0.15, 0.2) is 54.6 Å². The summed E-state index contributed by atoms with van der Waals surface area (Å²) in [5, 5.41) is 10.1. The first-order valence-corrected chi connectivity index (χ1v) is 8.74. The average Bonchev–Trinajstić information content (AvgIpc) is 2.61. The van der Waals surface area contributed by atoms with E-state index in [1.165, 1.54) is 5.56 Å². The lowest BCUT2D eigenvalue weighted by Gasteiger charge is -2.23. The van der Waals surface area contributed by atoms with Crippen molar-refractivity contribution < 1.29 is 9.84 Å². The fraction of sp³-hybridized carbons (Fsp3) is 0.391. The highest BCUT2D eigenvalue weighted by Crippen LogP contribution is 2.29. The van der Waals surface area contributed by atoms with Gasteiger partial charge in [0.25, 0.3) is 0 Å². The molecular formula is C23H28O2.